The largest absolute Gasteiger partial charge is 0.491 e. The number of fused-ring (bicyclic) bond motifs is 5. The van der Waals surface area contributed by atoms with E-state index in [4.69, 9.17) is 28.4 Å². The van der Waals surface area contributed by atoms with Crippen LogP contribution in [0.15, 0.2) is 121 Å². The van der Waals surface area contributed by atoms with E-state index in [-0.39, 0.29) is 12.2 Å². The van der Waals surface area contributed by atoms with Crippen molar-refractivity contribution in [1.82, 2.24) is 0 Å². The summed E-state index contributed by atoms with van der Waals surface area (Å²) in [5, 5.41) is 4.62. The lowest BCUT2D eigenvalue weighted by Crippen LogP contribution is -2.28. The molecule has 6 aromatic rings. The Morgan fingerprint density at radius 2 is 0.918 bits per heavy atom. The molecule has 2 saturated heterocycles. The molecule has 0 saturated carbocycles. The van der Waals surface area contributed by atoms with Gasteiger partial charge in [0.05, 0.1) is 45.1 Å². The Kier molecular flexibility index (Phi) is 8.02. The topological polar surface area (TPSA) is 62.0 Å². The third-order valence-electron chi connectivity index (χ3n) is 9.85. The average Bonchev–Trinajstić information content (AvgIpc) is 4.10. The third kappa shape index (κ3) is 5.96. The molecule has 6 heteroatoms. The highest BCUT2D eigenvalue weighted by atomic mass is 16.6. The van der Waals surface area contributed by atoms with Crippen molar-refractivity contribution < 1.29 is 28.4 Å². The van der Waals surface area contributed by atoms with Crippen molar-refractivity contribution >= 4 is 21.5 Å². The second kappa shape index (κ2) is 13.0. The molecule has 6 nitrogen and oxygen atoms in total. The Morgan fingerprint density at radius 3 is 1.39 bits per heavy atom. The molecule has 0 spiro atoms. The first kappa shape index (κ1) is 30.3. The first-order valence-electron chi connectivity index (χ1n) is 17.2. The molecular formula is C43H38O6. The minimum absolute atomic E-state index is 0.266. The van der Waals surface area contributed by atoms with E-state index < -0.39 is 5.41 Å². The molecule has 2 heterocycles. The number of hydrogen-bond donors (Lipinski definition) is 0. The quantitative estimate of drug-likeness (QED) is 0.0880. The molecule has 2 unspecified atom stereocenters. The molecule has 0 amide bonds. The summed E-state index contributed by atoms with van der Waals surface area (Å²) in [7, 11) is 0. The summed E-state index contributed by atoms with van der Waals surface area (Å²) in [6.45, 7) is 4.98. The Bertz CT molecular complexity index is 1980. The van der Waals surface area contributed by atoms with Gasteiger partial charge < -0.3 is 28.4 Å². The van der Waals surface area contributed by atoms with E-state index in [0.717, 1.165) is 35.5 Å². The first-order valence-corrected chi connectivity index (χ1v) is 17.2. The second-order valence-electron chi connectivity index (χ2n) is 13.0. The highest BCUT2D eigenvalue weighted by Crippen LogP contribution is 2.56. The van der Waals surface area contributed by atoms with Gasteiger partial charge in [-0.1, -0.05) is 84.9 Å². The van der Waals surface area contributed by atoms with Crippen molar-refractivity contribution in [2.45, 2.75) is 17.6 Å². The van der Waals surface area contributed by atoms with Crippen LogP contribution < -0.4 is 9.47 Å². The Morgan fingerprint density at radius 1 is 0.490 bits per heavy atom. The second-order valence-corrected chi connectivity index (χ2v) is 13.0. The lowest BCUT2D eigenvalue weighted by molar-refractivity contribution is 0.0879. The van der Waals surface area contributed by atoms with E-state index in [1.807, 2.05) is 0 Å². The predicted octanol–water partition coefficient (Wildman–Crippen LogP) is 7.94. The van der Waals surface area contributed by atoms with Crippen molar-refractivity contribution in [2.24, 2.45) is 0 Å². The van der Waals surface area contributed by atoms with Crippen LogP contribution in [0.2, 0.25) is 0 Å². The summed E-state index contributed by atoms with van der Waals surface area (Å²) in [5.74, 6) is 1.69. The zero-order chi connectivity index (χ0) is 32.6. The van der Waals surface area contributed by atoms with Gasteiger partial charge in [0.1, 0.15) is 36.9 Å². The van der Waals surface area contributed by atoms with Crippen LogP contribution in [-0.4, -0.2) is 65.1 Å². The van der Waals surface area contributed by atoms with Crippen molar-refractivity contribution in [3.8, 4) is 22.6 Å². The summed E-state index contributed by atoms with van der Waals surface area (Å²) in [6.07, 6.45) is 0.532. The van der Waals surface area contributed by atoms with E-state index in [1.54, 1.807) is 0 Å². The average molecular weight is 651 g/mol. The number of hydrogen-bond acceptors (Lipinski definition) is 6. The number of benzene rings is 6. The normalized spacial score (nSPS) is 18.3. The van der Waals surface area contributed by atoms with Crippen LogP contribution in [-0.2, 0) is 24.4 Å². The molecule has 3 aliphatic rings. The van der Waals surface area contributed by atoms with Gasteiger partial charge >= 0.3 is 0 Å². The van der Waals surface area contributed by atoms with E-state index >= 15 is 0 Å². The SMILES string of the molecule is c1ccc2c(c1)-c1ccccc1C2(c1ccc2cc(OCCOCC3CO3)ccc2c1)c1ccc2cc(OCCOCC3CO3)ccc2c1. The summed E-state index contributed by atoms with van der Waals surface area (Å²) in [5.41, 5.74) is 7.11. The molecular weight excluding hydrogens is 612 g/mol. The van der Waals surface area contributed by atoms with Crippen LogP contribution in [0.1, 0.15) is 22.3 Å². The third-order valence-corrected chi connectivity index (χ3v) is 9.85. The smallest absolute Gasteiger partial charge is 0.120 e. The molecule has 2 atom stereocenters. The number of ether oxygens (including phenoxy) is 6. The molecule has 9 rings (SSSR count). The zero-order valence-electron chi connectivity index (χ0n) is 27.3. The lowest BCUT2D eigenvalue weighted by Gasteiger charge is -2.34. The van der Waals surface area contributed by atoms with Crippen molar-refractivity contribution in [2.75, 3.05) is 52.9 Å². The van der Waals surface area contributed by atoms with E-state index in [2.05, 4.69) is 121 Å². The van der Waals surface area contributed by atoms with Gasteiger partial charge in [0.25, 0.3) is 0 Å². The maximum absolute atomic E-state index is 6.04. The van der Waals surface area contributed by atoms with Crippen LogP contribution >= 0.6 is 0 Å². The van der Waals surface area contributed by atoms with Gasteiger partial charge in [0.2, 0.25) is 0 Å². The maximum atomic E-state index is 6.04. The standard InChI is InChI=1S/C43H38O6/c1-3-7-41-39(5-1)40-6-2-4-8-42(40)43(41,33-13-9-31-23-35(15-11-29(31)21-33)46-19-17-44-25-37-27-48-37)34-14-10-32-24-36(16-12-30(32)22-34)47-20-18-45-26-38-28-49-38/h1-16,21-24,37-38H,17-20,25-28H2. The maximum Gasteiger partial charge on any atom is 0.120 e. The monoisotopic (exact) mass is 650 g/mol. The van der Waals surface area contributed by atoms with Gasteiger partial charge in [-0.2, -0.15) is 0 Å². The molecule has 2 aliphatic heterocycles. The van der Waals surface area contributed by atoms with Crippen molar-refractivity contribution in [3.05, 3.63) is 144 Å². The summed E-state index contributed by atoms with van der Waals surface area (Å²) in [4.78, 5) is 0. The van der Waals surface area contributed by atoms with Crippen molar-refractivity contribution in [3.63, 3.8) is 0 Å². The molecule has 49 heavy (non-hydrogen) atoms. The molecule has 246 valence electrons. The van der Waals surface area contributed by atoms with Crippen LogP contribution in [0.5, 0.6) is 11.5 Å². The van der Waals surface area contributed by atoms with Crippen molar-refractivity contribution in [1.29, 1.82) is 0 Å². The molecule has 0 aromatic heterocycles. The van der Waals surface area contributed by atoms with Crippen LogP contribution in [0.4, 0.5) is 0 Å². The van der Waals surface area contributed by atoms with Gasteiger partial charge in [0, 0.05) is 0 Å². The van der Waals surface area contributed by atoms with E-state index in [0.29, 0.717) is 39.6 Å². The fraction of sp³-hybridized carbons (Fsp3) is 0.256. The number of epoxide rings is 2. The minimum atomic E-state index is -0.495. The van der Waals surface area contributed by atoms with Crippen LogP contribution in [0, 0.1) is 0 Å². The summed E-state index contributed by atoms with van der Waals surface area (Å²) < 4.78 is 33.8. The van der Waals surface area contributed by atoms with Gasteiger partial charge in [-0.25, -0.2) is 0 Å². The Balaban J connectivity index is 1.06. The fourth-order valence-corrected chi connectivity index (χ4v) is 7.31. The molecule has 0 N–H and O–H groups in total. The van der Waals surface area contributed by atoms with E-state index in [9.17, 15) is 0 Å². The Labute approximate surface area is 286 Å². The van der Waals surface area contributed by atoms with Crippen LogP contribution in [0.3, 0.4) is 0 Å². The highest BCUT2D eigenvalue weighted by molar-refractivity contribution is 5.92. The lowest BCUT2D eigenvalue weighted by atomic mass is 9.67. The van der Waals surface area contributed by atoms with Gasteiger partial charge in [-0.15, -0.1) is 0 Å². The molecule has 2 fully saturated rings. The van der Waals surface area contributed by atoms with Crippen LogP contribution in [0.25, 0.3) is 32.7 Å². The molecule has 6 aromatic carbocycles. The van der Waals surface area contributed by atoms with E-state index in [1.165, 1.54) is 44.2 Å². The highest BCUT2D eigenvalue weighted by Gasteiger charge is 2.46. The van der Waals surface area contributed by atoms with Gasteiger partial charge in [-0.3, -0.25) is 0 Å². The molecule has 1 aliphatic carbocycles. The zero-order valence-corrected chi connectivity index (χ0v) is 27.3. The van der Waals surface area contributed by atoms with Gasteiger partial charge in [0.15, 0.2) is 0 Å². The number of rotatable bonds is 14. The Hall–Kier alpha value is -4.72. The first-order chi connectivity index (χ1) is 24.3. The van der Waals surface area contributed by atoms with Gasteiger partial charge in [-0.05, 0) is 91.3 Å². The predicted molar refractivity (Wildman–Crippen MR) is 191 cm³/mol. The minimum Gasteiger partial charge on any atom is -0.491 e. The summed E-state index contributed by atoms with van der Waals surface area (Å²) >= 11 is 0. The molecule has 0 bridgehead atoms. The summed E-state index contributed by atoms with van der Waals surface area (Å²) in [6, 6.07) is 44.2. The molecule has 0 radical (unpaired) electrons. The fourth-order valence-electron chi connectivity index (χ4n) is 7.31.